The van der Waals surface area contributed by atoms with E-state index in [0.717, 1.165) is 17.0 Å². The van der Waals surface area contributed by atoms with Crippen LogP contribution in [0.25, 0.3) is 10.7 Å². The molecule has 0 atom stereocenters. The number of carboxylic acid groups (broad SMARTS) is 1. The van der Waals surface area contributed by atoms with Crippen LogP contribution >= 0.6 is 11.3 Å². The van der Waals surface area contributed by atoms with E-state index in [9.17, 15) is 4.79 Å². The van der Waals surface area contributed by atoms with Gasteiger partial charge in [0.1, 0.15) is 9.88 Å². The van der Waals surface area contributed by atoms with Gasteiger partial charge in [-0.3, -0.25) is 4.68 Å². The molecular formula is C10H11N3O2S. The molecule has 0 bridgehead atoms. The Bertz CT molecular complexity index is 516. The van der Waals surface area contributed by atoms with E-state index in [1.165, 1.54) is 6.20 Å². The van der Waals surface area contributed by atoms with Gasteiger partial charge in [0.15, 0.2) is 0 Å². The van der Waals surface area contributed by atoms with Crippen molar-refractivity contribution in [3.8, 4) is 10.7 Å². The maximum atomic E-state index is 10.8. The molecule has 0 radical (unpaired) electrons. The summed E-state index contributed by atoms with van der Waals surface area (Å²) in [5.41, 5.74) is 0.854. The highest BCUT2D eigenvalue weighted by Crippen LogP contribution is 2.26. The highest BCUT2D eigenvalue weighted by Gasteiger charge is 2.14. The first-order chi connectivity index (χ1) is 7.59. The third-order valence-electron chi connectivity index (χ3n) is 2.10. The number of hydrogen-bond donors (Lipinski definition) is 1. The summed E-state index contributed by atoms with van der Waals surface area (Å²) in [6.45, 7) is 4.03. The van der Waals surface area contributed by atoms with Gasteiger partial charge in [0.05, 0.1) is 11.9 Å². The van der Waals surface area contributed by atoms with Crippen molar-refractivity contribution >= 4 is 17.3 Å². The number of nitrogens with zero attached hydrogens (tertiary/aromatic N) is 3. The van der Waals surface area contributed by atoms with Crippen LogP contribution in [-0.2, 0) is 0 Å². The average Bonchev–Trinajstić information content (AvgIpc) is 2.86. The van der Waals surface area contributed by atoms with E-state index < -0.39 is 5.97 Å². The molecule has 0 unspecified atom stereocenters. The molecule has 2 rings (SSSR count). The second-order valence-corrected chi connectivity index (χ2v) is 4.62. The van der Waals surface area contributed by atoms with Crippen LogP contribution in [0, 0.1) is 0 Å². The van der Waals surface area contributed by atoms with Crippen LogP contribution in [0.2, 0.25) is 0 Å². The summed E-state index contributed by atoms with van der Waals surface area (Å²) in [4.78, 5) is 15.1. The van der Waals surface area contributed by atoms with Gasteiger partial charge < -0.3 is 5.11 Å². The van der Waals surface area contributed by atoms with Crippen molar-refractivity contribution in [3.63, 3.8) is 0 Å². The lowest BCUT2D eigenvalue weighted by molar-refractivity contribution is 0.0702. The Morgan fingerprint density at radius 2 is 2.31 bits per heavy atom. The molecular weight excluding hydrogens is 226 g/mol. The minimum absolute atomic E-state index is 0.224. The Labute approximate surface area is 96.4 Å². The fraction of sp³-hybridized carbons (Fsp3) is 0.300. The Hall–Kier alpha value is -1.69. The van der Waals surface area contributed by atoms with Crippen molar-refractivity contribution in [2.24, 2.45) is 0 Å². The SMILES string of the molecule is CC(C)n1nccc1-c1ncc(C(=O)O)s1. The molecule has 16 heavy (non-hydrogen) atoms. The molecule has 0 aromatic carbocycles. The number of aromatic nitrogens is 3. The Morgan fingerprint density at radius 3 is 2.88 bits per heavy atom. The zero-order valence-corrected chi connectivity index (χ0v) is 9.73. The second-order valence-electron chi connectivity index (χ2n) is 3.59. The lowest BCUT2D eigenvalue weighted by Crippen LogP contribution is -2.04. The van der Waals surface area contributed by atoms with Crippen LogP contribution in [-0.4, -0.2) is 25.8 Å². The maximum absolute atomic E-state index is 10.8. The highest BCUT2D eigenvalue weighted by atomic mass is 32.1. The number of thiazole rings is 1. The summed E-state index contributed by atoms with van der Waals surface area (Å²) >= 11 is 1.16. The molecule has 0 aliphatic rings. The van der Waals surface area contributed by atoms with E-state index >= 15 is 0 Å². The number of aromatic carboxylic acids is 1. The van der Waals surface area contributed by atoms with Crippen LogP contribution < -0.4 is 0 Å². The zero-order chi connectivity index (χ0) is 11.7. The maximum Gasteiger partial charge on any atom is 0.347 e. The summed E-state index contributed by atoms with van der Waals surface area (Å²) in [7, 11) is 0. The van der Waals surface area contributed by atoms with Crippen molar-refractivity contribution in [1.29, 1.82) is 0 Å². The van der Waals surface area contributed by atoms with Crippen LogP contribution in [0.1, 0.15) is 29.6 Å². The van der Waals surface area contributed by atoms with Crippen molar-refractivity contribution in [3.05, 3.63) is 23.3 Å². The zero-order valence-electron chi connectivity index (χ0n) is 8.91. The molecule has 1 N–H and O–H groups in total. The molecule has 6 heteroatoms. The first-order valence-corrected chi connectivity index (χ1v) is 5.64. The summed E-state index contributed by atoms with van der Waals surface area (Å²) < 4.78 is 1.82. The van der Waals surface area contributed by atoms with Gasteiger partial charge in [-0.15, -0.1) is 11.3 Å². The van der Waals surface area contributed by atoms with Crippen molar-refractivity contribution in [2.75, 3.05) is 0 Å². The minimum Gasteiger partial charge on any atom is -0.477 e. The van der Waals surface area contributed by atoms with Gasteiger partial charge in [0, 0.05) is 12.2 Å². The summed E-state index contributed by atoms with van der Waals surface area (Å²) in [5.74, 6) is -0.945. The van der Waals surface area contributed by atoms with Crippen LogP contribution in [0.15, 0.2) is 18.5 Å². The lowest BCUT2D eigenvalue weighted by atomic mass is 10.3. The van der Waals surface area contributed by atoms with E-state index in [2.05, 4.69) is 10.1 Å². The summed E-state index contributed by atoms with van der Waals surface area (Å²) in [6, 6.07) is 2.06. The smallest absolute Gasteiger partial charge is 0.347 e. The van der Waals surface area contributed by atoms with Gasteiger partial charge in [0.25, 0.3) is 0 Å². The van der Waals surface area contributed by atoms with E-state index in [1.807, 2.05) is 24.6 Å². The molecule has 0 aliphatic heterocycles. The molecule has 84 valence electrons. The predicted molar refractivity (Wildman–Crippen MR) is 60.7 cm³/mol. The largest absolute Gasteiger partial charge is 0.477 e. The summed E-state index contributed by atoms with van der Waals surface area (Å²) in [5, 5.41) is 13.7. The monoisotopic (exact) mass is 237 g/mol. The molecule has 2 aromatic rings. The number of rotatable bonds is 3. The van der Waals surface area contributed by atoms with Crippen LogP contribution in [0.4, 0.5) is 0 Å². The van der Waals surface area contributed by atoms with E-state index in [-0.39, 0.29) is 10.9 Å². The van der Waals surface area contributed by atoms with Crippen molar-refractivity contribution in [2.45, 2.75) is 19.9 Å². The van der Waals surface area contributed by atoms with Gasteiger partial charge in [-0.1, -0.05) is 0 Å². The topological polar surface area (TPSA) is 68.0 Å². The first kappa shape index (κ1) is 10.8. The van der Waals surface area contributed by atoms with E-state index in [4.69, 9.17) is 5.11 Å². The van der Waals surface area contributed by atoms with E-state index in [1.54, 1.807) is 6.20 Å². The quantitative estimate of drug-likeness (QED) is 0.889. The van der Waals surface area contributed by atoms with Crippen LogP contribution in [0.3, 0.4) is 0 Å². The summed E-state index contributed by atoms with van der Waals surface area (Å²) in [6.07, 6.45) is 3.07. The third kappa shape index (κ3) is 1.83. The van der Waals surface area contributed by atoms with Crippen molar-refractivity contribution < 1.29 is 9.90 Å². The van der Waals surface area contributed by atoms with Gasteiger partial charge in [-0.2, -0.15) is 5.10 Å². The number of hydrogen-bond acceptors (Lipinski definition) is 4. The Balaban J connectivity index is 2.42. The predicted octanol–water partition coefficient (Wildman–Crippen LogP) is 2.29. The minimum atomic E-state index is -0.945. The molecule has 0 amide bonds. The number of carbonyl (C=O) groups is 1. The number of carboxylic acids is 1. The molecule has 0 spiro atoms. The van der Waals surface area contributed by atoms with Gasteiger partial charge in [-0.25, -0.2) is 9.78 Å². The van der Waals surface area contributed by atoms with Gasteiger partial charge in [-0.05, 0) is 19.9 Å². The first-order valence-electron chi connectivity index (χ1n) is 4.82. The normalized spacial score (nSPS) is 10.9. The van der Waals surface area contributed by atoms with Crippen LogP contribution in [0.5, 0.6) is 0 Å². The molecule has 0 saturated carbocycles. The van der Waals surface area contributed by atoms with Gasteiger partial charge in [0.2, 0.25) is 0 Å². The third-order valence-corrected chi connectivity index (χ3v) is 3.10. The average molecular weight is 237 g/mol. The van der Waals surface area contributed by atoms with E-state index in [0.29, 0.717) is 5.01 Å². The fourth-order valence-electron chi connectivity index (χ4n) is 1.39. The standard InChI is InChI=1S/C10H11N3O2S/c1-6(2)13-7(3-4-12-13)9-11-5-8(16-9)10(14)15/h3-6H,1-2H3,(H,14,15). The lowest BCUT2D eigenvalue weighted by Gasteiger charge is -2.08. The molecule has 5 nitrogen and oxygen atoms in total. The molecule has 2 aromatic heterocycles. The van der Waals surface area contributed by atoms with Gasteiger partial charge >= 0.3 is 5.97 Å². The molecule has 0 fully saturated rings. The second kappa shape index (κ2) is 4.05. The Kier molecular flexibility index (Phi) is 2.74. The Morgan fingerprint density at radius 1 is 1.56 bits per heavy atom. The highest BCUT2D eigenvalue weighted by molar-refractivity contribution is 7.16. The molecule has 2 heterocycles. The molecule has 0 aliphatic carbocycles. The molecule has 0 saturated heterocycles. The van der Waals surface area contributed by atoms with Crippen molar-refractivity contribution in [1.82, 2.24) is 14.8 Å². The fourth-order valence-corrected chi connectivity index (χ4v) is 2.16.